The van der Waals surface area contributed by atoms with E-state index in [1.165, 1.54) is 51.8 Å². The third-order valence-electron chi connectivity index (χ3n) is 12.6. The molecule has 2 aliphatic heterocycles. The van der Waals surface area contributed by atoms with Crippen LogP contribution in [0.4, 0.5) is 4.39 Å². The Labute approximate surface area is 377 Å². The van der Waals surface area contributed by atoms with Crippen molar-refractivity contribution in [3.63, 3.8) is 0 Å². The van der Waals surface area contributed by atoms with Gasteiger partial charge in [-0.1, -0.05) is 38.1 Å². The molecule has 2 aliphatic rings. The standard InChI is InChI=1S/C42H64FIN4O13S/c1-22-19-41(6,58-10)37(25(4)33(50)26(5)38(53)61-40(44)42(7,54)36(52)24(3)32(22)49)60-39-34(51)30(18-23(2)59-39)47(8)17-16-28-21-48(46-45-28)31(20-43)35(57-9)27-12-14-29(15-13-27)62(11,55)56/h12-15,21-26,30-31,34-37,39-40,51-52,54H,16-20H2,1-11H3/t22-,23-,24+,25+,26-,30+,31-,34-,35-,36-,37-,39+,40+,41-,42+/m1/s1. The predicted octanol–water partition coefficient (Wildman–Crippen LogP) is 3.21. The average Bonchev–Trinajstić information content (AvgIpc) is 3.70. The molecule has 0 spiro atoms. The first kappa shape index (κ1) is 52.1. The lowest BCUT2D eigenvalue weighted by molar-refractivity contribution is -0.296. The Morgan fingerprint density at radius 3 is 2.24 bits per heavy atom. The molecule has 62 heavy (non-hydrogen) atoms. The number of rotatable bonds is 13. The summed E-state index contributed by atoms with van der Waals surface area (Å²) >= 11 is 1.66. The molecule has 3 heterocycles. The number of carbonyl (C=O) groups excluding carboxylic acids is 3. The van der Waals surface area contributed by atoms with Gasteiger partial charge in [-0.2, -0.15) is 0 Å². The van der Waals surface area contributed by atoms with Crippen LogP contribution in [0.15, 0.2) is 35.4 Å². The molecule has 0 aliphatic carbocycles. The first-order valence-corrected chi connectivity index (χ1v) is 23.8. The van der Waals surface area contributed by atoms with E-state index in [0.717, 1.165) is 6.26 Å². The largest absolute Gasteiger partial charge is 0.448 e. The number of ketones is 2. The van der Waals surface area contributed by atoms with Gasteiger partial charge in [-0.3, -0.25) is 14.4 Å². The van der Waals surface area contributed by atoms with Gasteiger partial charge in [-0.05, 0) is 87.9 Å². The number of benzene rings is 1. The summed E-state index contributed by atoms with van der Waals surface area (Å²) in [6, 6.07) is 4.62. The molecule has 0 radical (unpaired) electrons. The normalized spacial score (nSPS) is 35.6. The molecule has 1 aromatic heterocycles. The highest BCUT2D eigenvalue weighted by Gasteiger charge is 2.52. The minimum Gasteiger partial charge on any atom is -0.448 e. The molecule has 15 atom stereocenters. The number of alkyl halides is 2. The van der Waals surface area contributed by atoms with Crippen molar-refractivity contribution >= 4 is 50.0 Å². The van der Waals surface area contributed by atoms with Crippen LogP contribution in [0.5, 0.6) is 0 Å². The van der Waals surface area contributed by atoms with Crippen molar-refractivity contribution in [1.82, 2.24) is 19.9 Å². The maximum absolute atomic E-state index is 14.6. The van der Waals surface area contributed by atoms with Crippen molar-refractivity contribution in [3.8, 4) is 0 Å². The number of carbonyl (C=O) groups is 3. The first-order valence-electron chi connectivity index (χ1n) is 20.7. The summed E-state index contributed by atoms with van der Waals surface area (Å²) in [7, 11) is 1.23. The number of hydrogen-bond acceptors (Lipinski definition) is 16. The van der Waals surface area contributed by atoms with E-state index in [0.29, 0.717) is 30.6 Å². The topological polar surface area (TPSA) is 226 Å². The second-order valence-corrected chi connectivity index (χ2v) is 20.6. The minimum absolute atomic E-state index is 0.00253. The summed E-state index contributed by atoms with van der Waals surface area (Å²) < 4.78 is 68.6. The predicted molar refractivity (Wildman–Crippen MR) is 232 cm³/mol. The molecule has 0 unspecified atom stereocenters. The molecule has 4 rings (SSSR count). The van der Waals surface area contributed by atoms with E-state index < -0.39 is 122 Å². The van der Waals surface area contributed by atoms with Gasteiger partial charge in [0.15, 0.2) is 26.0 Å². The molecule has 2 saturated heterocycles. The quantitative estimate of drug-likeness (QED) is 0.113. The van der Waals surface area contributed by atoms with Crippen molar-refractivity contribution in [2.45, 2.75) is 137 Å². The smallest absolute Gasteiger partial charge is 0.317 e. The van der Waals surface area contributed by atoms with Gasteiger partial charge >= 0.3 is 5.97 Å². The Bertz CT molecular complexity index is 1960. The van der Waals surface area contributed by atoms with Gasteiger partial charge in [0, 0.05) is 63.4 Å². The Hall–Kier alpha value is -2.54. The number of likely N-dealkylation sites (N-methyl/N-ethyl adjacent to an activating group) is 1. The van der Waals surface area contributed by atoms with Gasteiger partial charge in [-0.25, -0.2) is 17.5 Å². The fraction of sp³-hybridized carbons (Fsp3) is 0.738. The summed E-state index contributed by atoms with van der Waals surface area (Å²) in [5, 5.41) is 42.7. The van der Waals surface area contributed by atoms with Crippen molar-refractivity contribution in [1.29, 1.82) is 0 Å². The molecular weight excluding hydrogens is 946 g/mol. The highest BCUT2D eigenvalue weighted by atomic mass is 127. The minimum atomic E-state index is -3.43. The second-order valence-electron chi connectivity index (χ2n) is 17.5. The van der Waals surface area contributed by atoms with Crippen LogP contribution in [0.3, 0.4) is 0 Å². The molecule has 1 aromatic carbocycles. The molecule has 20 heteroatoms. The van der Waals surface area contributed by atoms with E-state index in [2.05, 4.69) is 10.3 Å². The fourth-order valence-electron chi connectivity index (χ4n) is 8.52. The van der Waals surface area contributed by atoms with Gasteiger partial charge in [-0.15, -0.1) is 5.10 Å². The van der Waals surface area contributed by atoms with Gasteiger partial charge < -0.3 is 43.9 Å². The SMILES string of the molecule is CO[C@H](c1ccc(S(C)(=O)=O)cc1)[C@@H](CF)n1cc(CCN(C)[C@H]2C[C@@H](C)O[C@@H](O[C@@H]3[C@@H](C)C(=O)[C@@H](C)C(=O)O[C@H](I)[C@@](C)(O)[C@H](O)[C@@H](C)C(=O)[C@H](C)C[C@@]3(C)OC)[C@@H]2O)nn1. The van der Waals surface area contributed by atoms with E-state index in [4.69, 9.17) is 23.7 Å². The van der Waals surface area contributed by atoms with Gasteiger partial charge in [0.2, 0.25) is 0 Å². The van der Waals surface area contributed by atoms with E-state index in [1.807, 2.05) is 18.9 Å². The van der Waals surface area contributed by atoms with E-state index in [1.54, 1.807) is 61.7 Å². The lowest BCUT2D eigenvalue weighted by atomic mass is 9.75. The van der Waals surface area contributed by atoms with Crippen LogP contribution in [-0.4, -0.2) is 154 Å². The molecule has 2 aromatic rings. The molecule has 2 fully saturated rings. The zero-order chi connectivity index (χ0) is 46.6. The first-order chi connectivity index (χ1) is 28.8. The molecular formula is C42H64FIN4O13S. The summed E-state index contributed by atoms with van der Waals surface area (Å²) in [4.78, 5) is 43.3. The number of ether oxygens (including phenoxy) is 5. The van der Waals surface area contributed by atoms with Crippen molar-refractivity contribution < 1.29 is 66.2 Å². The highest BCUT2D eigenvalue weighted by molar-refractivity contribution is 14.1. The Kier molecular flexibility index (Phi) is 17.8. The lowest BCUT2D eigenvalue weighted by Gasteiger charge is -2.47. The van der Waals surface area contributed by atoms with Gasteiger partial charge in [0.25, 0.3) is 0 Å². The summed E-state index contributed by atoms with van der Waals surface area (Å²) in [6.07, 6.45) is -3.08. The molecule has 0 saturated carbocycles. The molecule has 350 valence electrons. The van der Waals surface area contributed by atoms with E-state index in [-0.39, 0.29) is 11.3 Å². The number of methoxy groups -OCH3 is 2. The van der Waals surface area contributed by atoms with Crippen LogP contribution < -0.4 is 0 Å². The maximum Gasteiger partial charge on any atom is 0.317 e. The van der Waals surface area contributed by atoms with Crippen LogP contribution in [0, 0.1) is 23.7 Å². The third-order valence-corrected chi connectivity index (χ3v) is 15.3. The molecule has 0 bridgehead atoms. The second kappa shape index (κ2) is 21.2. The Morgan fingerprint density at radius 1 is 1.05 bits per heavy atom. The number of aliphatic hydroxyl groups excluding tert-OH is 2. The zero-order valence-corrected chi connectivity index (χ0v) is 40.3. The van der Waals surface area contributed by atoms with Gasteiger partial charge in [0.1, 0.15) is 42.2 Å². The fourth-order valence-corrected chi connectivity index (χ4v) is 9.77. The van der Waals surface area contributed by atoms with Crippen LogP contribution in [0.25, 0.3) is 0 Å². The number of Topliss-reactive ketones (excluding diaryl/α,β-unsaturated/α-hetero) is 2. The summed E-state index contributed by atoms with van der Waals surface area (Å²) in [5.41, 5.74) is -2.31. The van der Waals surface area contributed by atoms with Crippen LogP contribution >= 0.6 is 22.6 Å². The van der Waals surface area contributed by atoms with Crippen molar-refractivity contribution in [2.75, 3.05) is 40.7 Å². The monoisotopic (exact) mass is 1010 g/mol. The number of halogens is 2. The van der Waals surface area contributed by atoms with E-state index >= 15 is 0 Å². The Balaban J connectivity index is 1.55. The number of aliphatic hydroxyl groups is 3. The number of esters is 1. The molecule has 17 nitrogen and oxygen atoms in total. The van der Waals surface area contributed by atoms with E-state index in [9.17, 15) is 42.5 Å². The number of hydrogen-bond donors (Lipinski definition) is 3. The zero-order valence-electron chi connectivity index (χ0n) is 37.3. The van der Waals surface area contributed by atoms with Crippen LogP contribution in [0.1, 0.15) is 84.7 Å². The summed E-state index contributed by atoms with van der Waals surface area (Å²) in [6.45, 7) is 10.4. The highest BCUT2D eigenvalue weighted by Crippen LogP contribution is 2.39. The molecule has 0 amide bonds. The van der Waals surface area contributed by atoms with Crippen molar-refractivity contribution in [2.24, 2.45) is 23.7 Å². The number of cyclic esters (lactones) is 1. The number of aromatic nitrogens is 3. The summed E-state index contributed by atoms with van der Waals surface area (Å²) in [5.74, 6) is -6.16. The average molecular weight is 1010 g/mol. The molecule has 3 N–H and O–H groups in total. The number of nitrogens with zero attached hydrogens (tertiary/aromatic N) is 4. The van der Waals surface area contributed by atoms with Crippen molar-refractivity contribution in [3.05, 3.63) is 41.7 Å². The van der Waals surface area contributed by atoms with Gasteiger partial charge in [0.05, 0.1) is 34.5 Å². The Morgan fingerprint density at radius 2 is 1.68 bits per heavy atom. The lowest BCUT2D eigenvalue weighted by Crippen LogP contribution is -2.60. The maximum atomic E-state index is 14.6. The van der Waals surface area contributed by atoms with Crippen LogP contribution in [-0.2, 0) is 54.3 Å². The third kappa shape index (κ3) is 11.6. The van der Waals surface area contributed by atoms with Crippen LogP contribution in [0.2, 0.25) is 0 Å². The number of sulfone groups is 1.